The van der Waals surface area contributed by atoms with Gasteiger partial charge in [0.15, 0.2) is 5.78 Å². The molecule has 0 fully saturated rings. The van der Waals surface area contributed by atoms with Crippen LogP contribution in [0.25, 0.3) is 0 Å². The van der Waals surface area contributed by atoms with E-state index in [-0.39, 0.29) is 5.78 Å². The average Bonchev–Trinajstić information content (AvgIpc) is 2.88. The number of halogens is 2. The Morgan fingerprint density at radius 1 is 1.25 bits per heavy atom. The number of fused-ring (bicyclic) bond motifs is 1. The first-order chi connectivity index (χ1) is 11.5. The van der Waals surface area contributed by atoms with E-state index in [9.17, 15) is 9.59 Å². The summed E-state index contributed by atoms with van der Waals surface area (Å²) < 4.78 is 5.60. The second-order valence-electron chi connectivity index (χ2n) is 5.30. The van der Waals surface area contributed by atoms with Crippen molar-refractivity contribution in [1.29, 1.82) is 0 Å². The van der Waals surface area contributed by atoms with Crippen LogP contribution in [0, 0.1) is 0 Å². The van der Waals surface area contributed by atoms with E-state index in [2.05, 4.69) is 9.68 Å². The molecule has 1 heterocycles. The summed E-state index contributed by atoms with van der Waals surface area (Å²) >= 11 is 13.4. The molecule has 0 spiro atoms. The van der Waals surface area contributed by atoms with Gasteiger partial charge in [-0.05, 0) is 48.9 Å². The number of benzene rings is 1. The Bertz CT molecular complexity index is 845. The minimum absolute atomic E-state index is 0.0991. The van der Waals surface area contributed by atoms with Crippen LogP contribution in [0.1, 0.15) is 28.8 Å². The van der Waals surface area contributed by atoms with E-state index in [0.717, 1.165) is 22.6 Å². The number of hydrogen-bond donors (Lipinski definition) is 1. The minimum atomic E-state index is -0.731. The molecule has 1 atom stereocenters. The van der Waals surface area contributed by atoms with Crippen LogP contribution in [-0.4, -0.2) is 18.1 Å². The summed E-state index contributed by atoms with van der Waals surface area (Å²) in [6.07, 6.45) is 3.99. The molecule has 2 aromatic rings. The largest absolute Gasteiger partial charge is 0.351 e. The zero-order valence-corrected chi connectivity index (χ0v) is 15.9. The molecule has 0 saturated carbocycles. The van der Waals surface area contributed by atoms with Gasteiger partial charge < -0.3 is 5.32 Å². The van der Waals surface area contributed by atoms with Gasteiger partial charge in [0.05, 0.1) is 8.55 Å². The number of ketones is 1. The van der Waals surface area contributed by atoms with Crippen molar-refractivity contribution in [3.05, 3.63) is 44.8 Å². The molecule has 1 aromatic carbocycles. The van der Waals surface area contributed by atoms with Gasteiger partial charge in [-0.2, -0.15) is 4.36 Å². The SMILES string of the molecule is C[S@](=NC(=O)Nc1ccc(Cl)cc1)c1sc(Cl)c2c1C(=O)CCC2. The summed E-state index contributed by atoms with van der Waals surface area (Å²) in [7, 11) is -0.731. The third-order valence-corrected chi connectivity index (χ3v) is 7.30. The van der Waals surface area contributed by atoms with Crippen LogP contribution in [0.15, 0.2) is 32.8 Å². The summed E-state index contributed by atoms with van der Waals surface area (Å²) in [5, 5.41) is 3.29. The van der Waals surface area contributed by atoms with Gasteiger partial charge in [0, 0.05) is 22.7 Å². The molecule has 126 valence electrons. The monoisotopic (exact) mass is 400 g/mol. The lowest BCUT2D eigenvalue weighted by molar-refractivity contribution is 0.0970. The number of carbonyl (C=O) groups is 2. The van der Waals surface area contributed by atoms with Crippen molar-refractivity contribution in [2.24, 2.45) is 4.36 Å². The first kappa shape index (κ1) is 17.6. The molecule has 3 rings (SSSR count). The van der Waals surface area contributed by atoms with Crippen LogP contribution in [0.5, 0.6) is 0 Å². The standard InChI is InChI=1S/C16H14Cl2N2O2S2/c1-24(20-16(22)19-10-7-5-9(17)6-8-10)15-13-11(14(18)23-15)3-2-4-12(13)21/h5-8H,2-4H2,1H3,(H,19,22)/t24-/m0/s1. The number of Topliss-reactive ketones (excluding diaryl/α,β-unsaturated/α-hetero) is 1. The normalized spacial score (nSPS) is 15.2. The number of urea groups is 1. The molecule has 0 saturated heterocycles. The van der Waals surface area contributed by atoms with Crippen LogP contribution < -0.4 is 5.32 Å². The maximum absolute atomic E-state index is 12.2. The first-order valence-corrected chi connectivity index (χ1v) is 10.4. The molecule has 2 amide bonds. The number of nitrogens with zero attached hydrogens (tertiary/aromatic N) is 1. The van der Waals surface area contributed by atoms with E-state index in [1.54, 1.807) is 24.3 Å². The molecule has 0 radical (unpaired) electrons. The Labute approximate surface area is 156 Å². The van der Waals surface area contributed by atoms with Crippen LogP contribution >= 0.6 is 34.5 Å². The van der Waals surface area contributed by atoms with Gasteiger partial charge in [-0.1, -0.05) is 33.9 Å². The Morgan fingerprint density at radius 3 is 2.67 bits per heavy atom. The van der Waals surface area contributed by atoms with E-state index in [1.165, 1.54) is 11.3 Å². The number of carbonyl (C=O) groups excluding carboxylic acids is 2. The lowest BCUT2D eigenvalue weighted by Gasteiger charge is -2.12. The highest BCUT2D eigenvalue weighted by atomic mass is 35.5. The predicted octanol–water partition coefficient (Wildman–Crippen LogP) is 5.60. The van der Waals surface area contributed by atoms with Gasteiger partial charge in [0.1, 0.15) is 0 Å². The molecular formula is C16H14Cl2N2O2S2. The van der Waals surface area contributed by atoms with E-state index in [1.807, 2.05) is 6.26 Å². The molecule has 1 aromatic heterocycles. The Hall–Kier alpha value is -1.21. The topological polar surface area (TPSA) is 58.5 Å². The smallest absolute Gasteiger partial charge is 0.306 e. The van der Waals surface area contributed by atoms with Crippen LogP contribution in [-0.2, 0) is 17.1 Å². The molecule has 0 bridgehead atoms. The number of nitrogens with one attached hydrogen (secondary N) is 1. The van der Waals surface area contributed by atoms with Gasteiger partial charge in [-0.3, -0.25) is 4.79 Å². The second-order valence-corrected chi connectivity index (χ2v) is 9.16. The quantitative estimate of drug-likeness (QED) is 0.713. The lowest BCUT2D eigenvalue weighted by atomic mass is 9.95. The first-order valence-electron chi connectivity index (χ1n) is 7.24. The van der Waals surface area contributed by atoms with Gasteiger partial charge >= 0.3 is 6.03 Å². The number of anilines is 1. The fraction of sp³-hybridized carbons (Fsp3) is 0.250. The molecule has 1 aliphatic carbocycles. The fourth-order valence-electron chi connectivity index (χ4n) is 2.52. The molecule has 24 heavy (non-hydrogen) atoms. The molecular weight excluding hydrogens is 387 g/mol. The minimum Gasteiger partial charge on any atom is -0.306 e. The highest BCUT2D eigenvalue weighted by Gasteiger charge is 2.27. The summed E-state index contributed by atoms with van der Waals surface area (Å²) in [5.41, 5.74) is 2.22. The summed E-state index contributed by atoms with van der Waals surface area (Å²) in [6, 6.07) is 6.34. The highest BCUT2D eigenvalue weighted by molar-refractivity contribution is 7.89. The van der Waals surface area contributed by atoms with Crippen molar-refractivity contribution in [1.82, 2.24) is 0 Å². The van der Waals surface area contributed by atoms with Crippen molar-refractivity contribution < 1.29 is 9.59 Å². The van der Waals surface area contributed by atoms with Gasteiger partial charge in [-0.15, -0.1) is 11.3 Å². The number of rotatable bonds is 2. The van der Waals surface area contributed by atoms with Crippen molar-refractivity contribution >= 4 is 62.7 Å². The average molecular weight is 401 g/mol. The lowest BCUT2D eigenvalue weighted by Crippen LogP contribution is -2.12. The molecule has 0 unspecified atom stereocenters. The van der Waals surface area contributed by atoms with Crippen LogP contribution in [0.3, 0.4) is 0 Å². The zero-order chi connectivity index (χ0) is 17.3. The zero-order valence-electron chi connectivity index (χ0n) is 12.8. The van der Waals surface area contributed by atoms with Crippen molar-refractivity contribution in [2.45, 2.75) is 23.5 Å². The summed E-state index contributed by atoms with van der Waals surface area (Å²) in [4.78, 5) is 24.4. The molecule has 8 heteroatoms. The third-order valence-electron chi connectivity index (χ3n) is 3.62. The molecule has 4 nitrogen and oxygen atoms in total. The maximum atomic E-state index is 12.2. The second kappa shape index (κ2) is 7.35. The highest BCUT2D eigenvalue weighted by Crippen LogP contribution is 2.39. The molecule has 0 aliphatic heterocycles. The molecule has 1 N–H and O–H groups in total. The van der Waals surface area contributed by atoms with E-state index in [4.69, 9.17) is 23.2 Å². The summed E-state index contributed by atoms with van der Waals surface area (Å²) in [6.45, 7) is 0. The van der Waals surface area contributed by atoms with Gasteiger partial charge in [0.25, 0.3) is 0 Å². The Kier molecular flexibility index (Phi) is 5.39. The third kappa shape index (κ3) is 3.72. The summed E-state index contributed by atoms with van der Waals surface area (Å²) in [5.74, 6) is 0.0991. The number of thiophene rings is 1. The van der Waals surface area contributed by atoms with E-state index in [0.29, 0.717) is 27.0 Å². The Balaban J connectivity index is 1.84. The van der Waals surface area contributed by atoms with Crippen LogP contribution in [0.4, 0.5) is 10.5 Å². The number of amides is 2. The molecule has 1 aliphatic rings. The van der Waals surface area contributed by atoms with Crippen molar-refractivity contribution in [3.8, 4) is 0 Å². The van der Waals surface area contributed by atoms with Crippen molar-refractivity contribution in [2.75, 3.05) is 11.6 Å². The fourth-order valence-corrected chi connectivity index (χ4v) is 5.79. The predicted molar refractivity (Wildman–Crippen MR) is 101 cm³/mol. The Morgan fingerprint density at radius 2 is 1.96 bits per heavy atom. The number of hydrogen-bond acceptors (Lipinski definition) is 3. The van der Waals surface area contributed by atoms with E-state index >= 15 is 0 Å². The van der Waals surface area contributed by atoms with Gasteiger partial charge in [0.2, 0.25) is 0 Å². The maximum Gasteiger partial charge on any atom is 0.351 e. The van der Waals surface area contributed by atoms with Gasteiger partial charge in [-0.25, -0.2) is 4.79 Å². The van der Waals surface area contributed by atoms with Crippen LogP contribution in [0.2, 0.25) is 9.36 Å². The van der Waals surface area contributed by atoms with Crippen molar-refractivity contribution in [3.63, 3.8) is 0 Å². The van der Waals surface area contributed by atoms with E-state index < -0.39 is 16.7 Å².